The molecule has 0 fully saturated rings. The number of aromatic nitrogens is 3. The Morgan fingerprint density at radius 1 is 1.09 bits per heavy atom. The molecule has 2 aromatic heterocycles. The number of hydrogen-bond donors (Lipinski definition) is 1. The predicted octanol–water partition coefficient (Wildman–Crippen LogP) is 3.42. The van der Waals surface area contributed by atoms with Gasteiger partial charge in [-0.1, -0.05) is 12.1 Å². The fourth-order valence-corrected chi connectivity index (χ4v) is 5.11. The number of anilines is 1. The van der Waals surface area contributed by atoms with Crippen LogP contribution in [0.3, 0.4) is 0 Å². The number of rotatable bonds is 2. The highest BCUT2D eigenvalue weighted by atomic mass is 32.2. The lowest BCUT2D eigenvalue weighted by Gasteiger charge is -2.16. The molecule has 0 aliphatic carbocycles. The molecule has 1 N–H and O–H groups in total. The van der Waals surface area contributed by atoms with E-state index in [1.165, 1.54) is 12.3 Å². The number of sulfone groups is 1. The molecule has 0 saturated heterocycles. The number of halogens is 1. The molecular weight excluding hydrogens is 447 g/mol. The first-order chi connectivity index (χ1) is 15.9. The number of pyridine rings is 1. The molecule has 4 heterocycles. The third-order valence-corrected chi connectivity index (χ3v) is 7.24. The van der Waals surface area contributed by atoms with Gasteiger partial charge in [0.15, 0.2) is 27.1 Å². The van der Waals surface area contributed by atoms with E-state index in [1.54, 1.807) is 41.1 Å². The van der Waals surface area contributed by atoms with Crippen molar-refractivity contribution in [3.05, 3.63) is 65.7 Å². The van der Waals surface area contributed by atoms with E-state index >= 15 is 0 Å². The van der Waals surface area contributed by atoms with Crippen LogP contribution < -0.4 is 14.8 Å². The van der Waals surface area contributed by atoms with E-state index in [0.717, 1.165) is 16.7 Å². The average Bonchev–Trinajstić information content (AvgIpc) is 3.44. The van der Waals surface area contributed by atoms with Gasteiger partial charge >= 0.3 is 0 Å². The topological polar surface area (TPSA) is 94.8 Å². The van der Waals surface area contributed by atoms with Gasteiger partial charge in [0.1, 0.15) is 17.9 Å². The molecule has 8 nitrogen and oxygen atoms in total. The molecule has 2 aromatic carbocycles. The van der Waals surface area contributed by atoms with Gasteiger partial charge in [-0.05, 0) is 35.9 Å². The van der Waals surface area contributed by atoms with Crippen LogP contribution in [-0.4, -0.2) is 42.5 Å². The minimum absolute atomic E-state index is 0.0902. The maximum absolute atomic E-state index is 14.7. The molecule has 10 heteroatoms. The van der Waals surface area contributed by atoms with Crippen molar-refractivity contribution in [2.24, 2.45) is 0 Å². The summed E-state index contributed by atoms with van der Waals surface area (Å²) in [6.07, 6.45) is 2.74. The van der Waals surface area contributed by atoms with Crippen LogP contribution in [0.15, 0.2) is 53.7 Å². The number of nitrogens with zero attached hydrogens (tertiary/aromatic N) is 3. The number of benzene rings is 2. The molecule has 1 atom stereocenters. The third-order valence-electron chi connectivity index (χ3n) is 6.11. The predicted molar refractivity (Wildman–Crippen MR) is 119 cm³/mol. The number of fused-ring (bicyclic) bond motifs is 3. The number of nitrogens with one attached hydrogen (secondary N) is 1. The molecule has 0 bridgehead atoms. The van der Waals surface area contributed by atoms with Crippen molar-refractivity contribution in [2.75, 3.05) is 24.8 Å². The zero-order chi connectivity index (χ0) is 22.7. The number of hydrogen-bond acceptors (Lipinski definition) is 7. The lowest BCUT2D eigenvalue weighted by atomic mass is 9.96. The van der Waals surface area contributed by atoms with Crippen molar-refractivity contribution in [1.29, 1.82) is 0 Å². The summed E-state index contributed by atoms with van der Waals surface area (Å²) >= 11 is 0. The van der Waals surface area contributed by atoms with Crippen molar-refractivity contribution >= 4 is 21.3 Å². The summed E-state index contributed by atoms with van der Waals surface area (Å²) in [5.74, 6) is 1.49. The van der Waals surface area contributed by atoms with E-state index in [0.29, 0.717) is 41.7 Å². The Morgan fingerprint density at radius 2 is 1.85 bits per heavy atom. The van der Waals surface area contributed by atoms with Gasteiger partial charge in [0.05, 0.1) is 24.0 Å². The molecule has 2 aliphatic heterocycles. The summed E-state index contributed by atoms with van der Waals surface area (Å²) < 4.78 is 52.1. The highest BCUT2D eigenvalue weighted by Crippen LogP contribution is 2.41. The van der Waals surface area contributed by atoms with E-state index in [2.05, 4.69) is 15.5 Å². The van der Waals surface area contributed by atoms with E-state index < -0.39 is 9.84 Å². The van der Waals surface area contributed by atoms with Crippen LogP contribution >= 0.6 is 0 Å². The fraction of sp³-hybridized carbons (Fsp3) is 0.217. The van der Waals surface area contributed by atoms with Crippen molar-refractivity contribution in [3.8, 4) is 22.6 Å². The molecule has 168 valence electrons. The smallest absolute Gasteiger partial charge is 0.175 e. The van der Waals surface area contributed by atoms with Crippen molar-refractivity contribution in [3.63, 3.8) is 0 Å². The molecule has 4 aromatic rings. The Morgan fingerprint density at radius 3 is 2.61 bits per heavy atom. The minimum Gasteiger partial charge on any atom is -0.493 e. The third kappa shape index (κ3) is 3.20. The van der Waals surface area contributed by atoms with Crippen LogP contribution in [0, 0.1) is 5.82 Å². The fourth-order valence-electron chi connectivity index (χ4n) is 4.48. The molecule has 0 radical (unpaired) electrons. The largest absolute Gasteiger partial charge is 0.493 e. The van der Waals surface area contributed by atoms with Gasteiger partial charge in [0.25, 0.3) is 0 Å². The Labute approximate surface area is 188 Å². The Kier molecular flexibility index (Phi) is 4.34. The molecule has 0 amide bonds. The standard InChI is InChI=1S/C23H19FN4O4S/c1-33(29,30)15-4-2-13(3-5-15)16-8-20-23(28-12-26-27-22(16)28)25-9-17-18(24)6-7-19-21(17)14(10-31-19)11-32-20/h2-8,12,14,25H,9-11H2,1H3/t14-/m1/s1. The van der Waals surface area contributed by atoms with Crippen molar-refractivity contribution in [1.82, 2.24) is 14.6 Å². The van der Waals surface area contributed by atoms with Crippen LogP contribution in [0.1, 0.15) is 17.0 Å². The SMILES string of the molecule is CS(=O)(=O)c1ccc(-c2cc3c(n4cnnc24)NCc2c(F)ccc4c2[C@H](CO4)CO3)cc1. The van der Waals surface area contributed by atoms with Crippen LogP contribution in [0.2, 0.25) is 0 Å². The number of ether oxygens (including phenoxy) is 2. The quantitative estimate of drug-likeness (QED) is 0.484. The Balaban J connectivity index is 1.48. The summed E-state index contributed by atoms with van der Waals surface area (Å²) in [6.45, 7) is 0.995. The summed E-state index contributed by atoms with van der Waals surface area (Å²) in [6, 6.07) is 11.5. The summed E-state index contributed by atoms with van der Waals surface area (Å²) in [5, 5.41) is 11.6. The van der Waals surface area contributed by atoms with Crippen LogP contribution in [0.4, 0.5) is 10.2 Å². The molecule has 33 heavy (non-hydrogen) atoms. The highest BCUT2D eigenvalue weighted by Gasteiger charge is 2.31. The minimum atomic E-state index is -3.30. The summed E-state index contributed by atoms with van der Waals surface area (Å²) in [4.78, 5) is 0.237. The lowest BCUT2D eigenvalue weighted by molar-refractivity contribution is 0.249. The van der Waals surface area contributed by atoms with Crippen LogP contribution in [-0.2, 0) is 16.4 Å². The zero-order valence-electron chi connectivity index (χ0n) is 17.6. The first-order valence-corrected chi connectivity index (χ1v) is 12.3. The van der Waals surface area contributed by atoms with Gasteiger partial charge in [0, 0.05) is 29.5 Å². The molecule has 2 aliphatic rings. The van der Waals surface area contributed by atoms with Crippen molar-refractivity contribution in [2.45, 2.75) is 17.4 Å². The van der Waals surface area contributed by atoms with Gasteiger partial charge in [0.2, 0.25) is 0 Å². The lowest BCUT2D eigenvalue weighted by Crippen LogP contribution is -2.13. The second kappa shape index (κ2) is 7.17. The van der Waals surface area contributed by atoms with Crippen LogP contribution in [0.5, 0.6) is 11.5 Å². The maximum atomic E-state index is 14.7. The second-order valence-corrected chi connectivity index (χ2v) is 10.2. The highest BCUT2D eigenvalue weighted by molar-refractivity contribution is 7.90. The van der Waals surface area contributed by atoms with E-state index in [4.69, 9.17) is 9.47 Å². The molecule has 0 saturated carbocycles. The van der Waals surface area contributed by atoms with Gasteiger partial charge in [-0.25, -0.2) is 12.8 Å². The molecule has 6 rings (SSSR count). The Bertz CT molecular complexity index is 1520. The molecular formula is C23H19FN4O4S. The first-order valence-electron chi connectivity index (χ1n) is 10.4. The van der Waals surface area contributed by atoms with Crippen LogP contribution in [0.25, 0.3) is 16.8 Å². The zero-order valence-corrected chi connectivity index (χ0v) is 18.4. The van der Waals surface area contributed by atoms with Gasteiger partial charge in [-0.2, -0.15) is 0 Å². The van der Waals surface area contributed by atoms with Crippen molar-refractivity contribution < 1.29 is 22.3 Å². The summed E-state index contributed by atoms with van der Waals surface area (Å²) in [5.41, 5.74) is 3.48. The normalized spacial score (nSPS) is 17.1. The monoisotopic (exact) mass is 466 g/mol. The van der Waals surface area contributed by atoms with E-state index in [9.17, 15) is 12.8 Å². The summed E-state index contributed by atoms with van der Waals surface area (Å²) in [7, 11) is -3.30. The first kappa shape index (κ1) is 20.0. The van der Waals surface area contributed by atoms with Gasteiger partial charge in [-0.15, -0.1) is 10.2 Å². The molecule has 0 unspecified atom stereocenters. The van der Waals surface area contributed by atoms with E-state index in [-0.39, 0.29) is 23.2 Å². The molecule has 0 spiro atoms. The second-order valence-electron chi connectivity index (χ2n) is 8.20. The van der Waals surface area contributed by atoms with Gasteiger partial charge in [-0.3, -0.25) is 4.40 Å². The average molecular weight is 466 g/mol. The van der Waals surface area contributed by atoms with E-state index in [1.807, 2.05) is 6.07 Å². The maximum Gasteiger partial charge on any atom is 0.175 e. The Hall–Kier alpha value is -3.66. The van der Waals surface area contributed by atoms with Gasteiger partial charge < -0.3 is 14.8 Å².